The van der Waals surface area contributed by atoms with Crippen molar-refractivity contribution in [3.63, 3.8) is 0 Å². The van der Waals surface area contributed by atoms with E-state index in [2.05, 4.69) is 5.16 Å². The summed E-state index contributed by atoms with van der Waals surface area (Å²) in [5.41, 5.74) is 3.66. The van der Waals surface area contributed by atoms with E-state index in [-0.39, 0.29) is 0 Å². The molecule has 3 nitrogen and oxygen atoms in total. The molecule has 3 rings (SSSR count). The van der Waals surface area contributed by atoms with E-state index < -0.39 is 0 Å². The van der Waals surface area contributed by atoms with Crippen LogP contribution in [0.3, 0.4) is 0 Å². The number of rotatable bonds is 6. The quantitative estimate of drug-likeness (QED) is 0.444. The van der Waals surface area contributed by atoms with Crippen LogP contribution >= 0.6 is 11.6 Å². The molecule has 0 amide bonds. The van der Waals surface area contributed by atoms with Crippen molar-refractivity contribution < 1.29 is 9.57 Å². The summed E-state index contributed by atoms with van der Waals surface area (Å²) in [7, 11) is 1.54. The largest absolute Gasteiger partial charge is 0.489 e. The standard InChI is InChI=1S/C21H18ClNO2/c1-24-23-21(16-11-13-18(22)14-12-16)20-10-6-5-7-17(20)15-25-19-8-3-2-4-9-19/h2-14H,15H2,1H3/b23-21-. The highest BCUT2D eigenvalue weighted by molar-refractivity contribution is 6.30. The Balaban J connectivity index is 1.92. The second-order valence-corrected chi connectivity index (χ2v) is 5.82. The molecule has 0 aliphatic rings. The summed E-state index contributed by atoms with van der Waals surface area (Å²) in [6, 6.07) is 25.3. The molecular formula is C21H18ClNO2. The average molecular weight is 352 g/mol. The molecule has 3 aromatic rings. The van der Waals surface area contributed by atoms with Gasteiger partial charge in [0.15, 0.2) is 0 Å². The van der Waals surface area contributed by atoms with E-state index in [0.29, 0.717) is 11.6 Å². The van der Waals surface area contributed by atoms with Gasteiger partial charge in [-0.15, -0.1) is 0 Å². The molecule has 25 heavy (non-hydrogen) atoms. The molecule has 0 spiro atoms. The molecule has 126 valence electrons. The van der Waals surface area contributed by atoms with Gasteiger partial charge in [-0.2, -0.15) is 0 Å². The van der Waals surface area contributed by atoms with E-state index in [4.69, 9.17) is 21.2 Å². The fourth-order valence-electron chi connectivity index (χ4n) is 2.51. The maximum Gasteiger partial charge on any atom is 0.119 e. The monoisotopic (exact) mass is 351 g/mol. The van der Waals surface area contributed by atoms with E-state index in [1.54, 1.807) is 7.11 Å². The van der Waals surface area contributed by atoms with Crippen LogP contribution in [0.15, 0.2) is 84.0 Å². The number of para-hydroxylation sites is 1. The topological polar surface area (TPSA) is 30.8 Å². The highest BCUT2D eigenvalue weighted by Gasteiger charge is 2.13. The van der Waals surface area contributed by atoms with Crippen molar-refractivity contribution in [2.45, 2.75) is 6.61 Å². The second kappa shape index (κ2) is 8.36. The first-order chi connectivity index (χ1) is 12.3. The highest BCUT2D eigenvalue weighted by Crippen LogP contribution is 2.20. The molecule has 0 fully saturated rings. The third-order valence-electron chi connectivity index (χ3n) is 3.71. The smallest absolute Gasteiger partial charge is 0.119 e. The molecule has 0 saturated carbocycles. The first-order valence-corrected chi connectivity index (χ1v) is 8.29. The molecular weight excluding hydrogens is 334 g/mol. The van der Waals surface area contributed by atoms with Crippen LogP contribution in [-0.4, -0.2) is 12.8 Å². The first kappa shape index (κ1) is 17.1. The Labute approximate surface area is 152 Å². The number of oxime groups is 1. The molecule has 0 aliphatic heterocycles. The third-order valence-corrected chi connectivity index (χ3v) is 3.96. The van der Waals surface area contributed by atoms with Crippen LogP contribution in [-0.2, 0) is 11.4 Å². The van der Waals surface area contributed by atoms with Crippen LogP contribution in [0.5, 0.6) is 5.75 Å². The predicted octanol–water partition coefficient (Wildman–Crippen LogP) is 5.32. The lowest BCUT2D eigenvalue weighted by Crippen LogP contribution is -2.09. The molecule has 0 N–H and O–H groups in total. The Morgan fingerprint density at radius 1 is 0.880 bits per heavy atom. The number of nitrogens with zero attached hydrogens (tertiary/aromatic N) is 1. The zero-order valence-electron chi connectivity index (χ0n) is 13.9. The van der Waals surface area contributed by atoms with Gasteiger partial charge in [-0.25, -0.2) is 0 Å². The number of ether oxygens (including phenoxy) is 1. The third kappa shape index (κ3) is 4.40. The van der Waals surface area contributed by atoms with Gasteiger partial charge in [0.25, 0.3) is 0 Å². The molecule has 0 heterocycles. The molecule has 0 radical (unpaired) electrons. The number of hydrogen-bond acceptors (Lipinski definition) is 3. The molecule has 0 aliphatic carbocycles. The van der Waals surface area contributed by atoms with Gasteiger partial charge in [0.2, 0.25) is 0 Å². The van der Waals surface area contributed by atoms with Crippen LogP contribution < -0.4 is 4.74 Å². The van der Waals surface area contributed by atoms with E-state index in [1.165, 1.54) is 0 Å². The molecule has 0 bridgehead atoms. The summed E-state index contributed by atoms with van der Waals surface area (Å²) in [5.74, 6) is 0.828. The minimum Gasteiger partial charge on any atom is -0.489 e. The fraction of sp³-hybridized carbons (Fsp3) is 0.0952. The average Bonchev–Trinajstić information content (AvgIpc) is 2.66. The minimum atomic E-state index is 0.441. The number of benzene rings is 3. The Bertz CT molecular complexity index is 845. The van der Waals surface area contributed by atoms with Crippen molar-refractivity contribution in [3.8, 4) is 5.75 Å². The molecule has 0 atom stereocenters. The SMILES string of the molecule is CO/N=C(/c1ccc(Cl)cc1)c1ccccc1COc1ccccc1. The van der Waals surface area contributed by atoms with Crippen molar-refractivity contribution in [2.75, 3.05) is 7.11 Å². The van der Waals surface area contributed by atoms with Gasteiger partial charge in [-0.1, -0.05) is 71.4 Å². The molecule has 0 unspecified atom stereocenters. The van der Waals surface area contributed by atoms with Crippen molar-refractivity contribution in [1.29, 1.82) is 0 Å². The maximum absolute atomic E-state index is 6.00. The summed E-state index contributed by atoms with van der Waals surface area (Å²) in [4.78, 5) is 5.07. The normalized spacial score (nSPS) is 11.2. The van der Waals surface area contributed by atoms with Crippen LogP contribution in [0.25, 0.3) is 0 Å². The molecule has 0 aromatic heterocycles. The first-order valence-electron chi connectivity index (χ1n) is 7.91. The van der Waals surface area contributed by atoms with E-state index in [0.717, 1.165) is 28.2 Å². The summed E-state index contributed by atoms with van der Waals surface area (Å²) >= 11 is 6.00. The van der Waals surface area contributed by atoms with Crippen LogP contribution in [0.1, 0.15) is 16.7 Å². The lowest BCUT2D eigenvalue weighted by atomic mass is 9.98. The van der Waals surface area contributed by atoms with Crippen LogP contribution in [0.4, 0.5) is 0 Å². The zero-order valence-corrected chi connectivity index (χ0v) is 14.6. The summed E-state index contributed by atoms with van der Waals surface area (Å²) in [6.45, 7) is 0.441. The van der Waals surface area contributed by atoms with Gasteiger partial charge in [0, 0.05) is 16.1 Å². The lowest BCUT2D eigenvalue weighted by Gasteiger charge is -2.13. The van der Waals surface area contributed by atoms with Gasteiger partial charge in [0.1, 0.15) is 25.2 Å². The molecule has 3 aromatic carbocycles. The Morgan fingerprint density at radius 3 is 2.28 bits per heavy atom. The van der Waals surface area contributed by atoms with Gasteiger partial charge < -0.3 is 9.57 Å². The van der Waals surface area contributed by atoms with Crippen molar-refractivity contribution >= 4 is 17.3 Å². The van der Waals surface area contributed by atoms with Gasteiger partial charge >= 0.3 is 0 Å². The Kier molecular flexibility index (Phi) is 5.70. The lowest BCUT2D eigenvalue weighted by molar-refractivity contribution is 0.214. The van der Waals surface area contributed by atoms with Gasteiger partial charge in [-0.05, 0) is 29.8 Å². The van der Waals surface area contributed by atoms with Crippen molar-refractivity contribution in [2.24, 2.45) is 5.16 Å². The Hall–Kier alpha value is -2.78. The molecule has 4 heteroatoms. The Morgan fingerprint density at radius 2 is 1.56 bits per heavy atom. The minimum absolute atomic E-state index is 0.441. The second-order valence-electron chi connectivity index (χ2n) is 5.39. The van der Waals surface area contributed by atoms with E-state index in [1.807, 2.05) is 78.9 Å². The fourth-order valence-corrected chi connectivity index (χ4v) is 2.64. The van der Waals surface area contributed by atoms with E-state index in [9.17, 15) is 0 Å². The highest BCUT2D eigenvalue weighted by atomic mass is 35.5. The summed E-state index contributed by atoms with van der Waals surface area (Å²) in [5, 5.41) is 4.91. The maximum atomic E-state index is 6.00. The zero-order chi connectivity index (χ0) is 17.5. The summed E-state index contributed by atoms with van der Waals surface area (Å²) in [6.07, 6.45) is 0. The van der Waals surface area contributed by atoms with Crippen molar-refractivity contribution in [1.82, 2.24) is 0 Å². The predicted molar refractivity (Wildman–Crippen MR) is 101 cm³/mol. The number of hydrogen-bond donors (Lipinski definition) is 0. The summed E-state index contributed by atoms with van der Waals surface area (Å²) < 4.78 is 5.90. The van der Waals surface area contributed by atoms with Crippen LogP contribution in [0.2, 0.25) is 5.02 Å². The molecule has 0 saturated heterocycles. The van der Waals surface area contributed by atoms with E-state index >= 15 is 0 Å². The van der Waals surface area contributed by atoms with Crippen molar-refractivity contribution in [3.05, 3.63) is 101 Å². The van der Waals surface area contributed by atoms with Crippen LogP contribution in [0, 0.1) is 0 Å². The van der Waals surface area contributed by atoms with Gasteiger partial charge in [0.05, 0.1) is 0 Å². The number of halogens is 1. The van der Waals surface area contributed by atoms with Gasteiger partial charge in [-0.3, -0.25) is 0 Å².